The second kappa shape index (κ2) is 12.5. The molecule has 0 spiro atoms. The van der Waals surface area contributed by atoms with Crippen LogP contribution in [0.2, 0.25) is 0 Å². The Balaban J connectivity index is 1.13. The van der Waals surface area contributed by atoms with E-state index in [1.807, 2.05) is 0 Å². The van der Waals surface area contributed by atoms with E-state index < -0.39 is 36.7 Å². The van der Waals surface area contributed by atoms with Crippen molar-refractivity contribution in [2.24, 2.45) is 5.92 Å². The van der Waals surface area contributed by atoms with Crippen LogP contribution >= 0.6 is 0 Å². The van der Waals surface area contributed by atoms with Crippen LogP contribution in [-0.4, -0.2) is 90.4 Å². The molecule has 4 unspecified atom stereocenters. The Morgan fingerprint density at radius 3 is 2.48 bits per heavy atom. The highest BCUT2D eigenvalue weighted by molar-refractivity contribution is 6.21. The van der Waals surface area contributed by atoms with Crippen LogP contribution in [0.25, 0.3) is 11.2 Å². The Kier molecular flexibility index (Phi) is 8.77. The molecule has 4 heterocycles. The number of unbranched alkanes of at least 4 members (excludes halogenated alkanes) is 3. The number of nitrogens with zero attached hydrogens (tertiary/aromatic N) is 4. The fourth-order valence-corrected chi connectivity index (χ4v) is 5.12. The van der Waals surface area contributed by atoms with Crippen LogP contribution in [0.1, 0.15) is 66.5 Å². The molecule has 2 aliphatic rings. The molecule has 14 nitrogen and oxygen atoms in total. The summed E-state index contributed by atoms with van der Waals surface area (Å²) in [5.41, 5.74) is 0.403. The number of aliphatic hydroxyl groups excluding tert-OH is 2. The Morgan fingerprint density at radius 2 is 1.81 bits per heavy atom. The van der Waals surface area contributed by atoms with Gasteiger partial charge in [-0.1, -0.05) is 38.8 Å². The lowest BCUT2D eigenvalue weighted by Crippen LogP contribution is -2.36. The first-order valence-electron chi connectivity index (χ1n) is 14.0. The Labute approximate surface area is 240 Å². The molecule has 1 fully saturated rings. The van der Waals surface area contributed by atoms with Crippen molar-refractivity contribution in [1.29, 1.82) is 0 Å². The topological polar surface area (TPSA) is 189 Å². The zero-order valence-corrected chi connectivity index (χ0v) is 23.4. The minimum Gasteiger partial charge on any atom is -0.394 e. The van der Waals surface area contributed by atoms with Crippen molar-refractivity contribution in [3.63, 3.8) is 0 Å². The van der Waals surface area contributed by atoms with Crippen molar-refractivity contribution in [2.75, 3.05) is 25.1 Å². The zero-order valence-electron chi connectivity index (χ0n) is 23.4. The van der Waals surface area contributed by atoms with Gasteiger partial charge in [0.25, 0.3) is 17.4 Å². The summed E-state index contributed by atoms with van der Waals surface area (Å²) in [4.78, 5) is 61.7. The number of nitrogens with one attached hydrogen (secondary N) is 2. The van der Waals surface area contributed by atoms with E-state index in [1.54, 1.807) is 38.1 Å². The van der Waals surface area contributed by atoms with Crippen molar-refractivity contribution in [3.8, 4) is 0 Å². The van der Waals surface area contributed by atoms with E-state index in [-0.39, 0.29) is 47.4 Å². The fourth-order valence-electron chi connectivity index (χ4n) is 5.12. The van der Waals surface area contributed by atoms with Gasteiger partial charge in [-0.15, -0.1) is 0 Å². The number of H-pyrrole nitrogens is 1. The molecular weight excluding hydrogens is 548 g/mol. The van der Waals surface area contributed by atoms with Gasteiger partial charge in [0.1, 0.15) is 18.3 Å². The Bertz CT molecular complexity index is 1500. The third kappa shape index (κ3) is 5.70. The molecule has 1 aromatic carbocycles. The predicted molar refractivity (Wildman–Crippen MR) is 149 cm³/mol. The SMILES string of the molecule is CC(C)C(=O)Nc1nc2c(ncn2C2OC(CO)C(OCCCCCCN3C(=O)c4ccccc4C3=O)C2O)c(=O)[nH]1. The van der Waals surface area contributed by atoms with E-state index in [0.29, 0.717) is 30.5 Å². The van der Waals surface area contributed by atoms with Gasteiger partial charge in [-0.05, 0) is 25.0 Å². The van der Waals surface area contributed by atoms with Gasteiger partial charge < -0.3 is 19.7 Å². The van der Waals surface area contributed by atoms with Gasteiger partial charge >= 0.3 is 0 Å². The summed E-state index contributed by atoms with van der Waals surface area (Å²) in [6.07, 6.45) is 0.214. The number of hydrogen-bond acceptors (Lipinski definition) is 10. The molecule has 42 heavy (non-hydrogen) atoms. The number of benzene rings is 1. The van der Waals surface area contributed by atoms with Crippen LogP contribution in [0.5, 0.6) is 0 Å². The quantitative estimate of drug-likeness (QED) is 0.178. The van der Waals surface area contributed by atoms with Crippen LogP contribution < -0.4 is 10.9 Å². The summed E-state index contributed by atoms with van der Waals surface area (Å²) in [7, 11) is 0. The second-order valence-corrected chi connectivity index (χ2v) is 10.7. The molecule has 2 aromatic heterocycles. The number of imidazole rings is 1. The molecule has 0 aliphatic carbocycles. The summed E-state index contributed by atoms with van der Waals surface area (Å²) in [6, 6.07) is 6.80. The van der Waals surface area contributed by atoms with E-state index >= 15 is 0 Å². The monoisotopic (exact) mass is 582 g/mol. The molecule has 2 aliphatic heterocycles. The molecule has 14 heteroatoms. The number of carbonyl (C=O) groups is 3. The summed E-state index contributed by atoms with van der Waals surface area (Å²) < 4.78 is 13.2. The smallest absolute Gasteiger partial charge is 0.280 e. The highest BCUT2D eigenvalue weighted by Crippen LogP contribution is 2.33. The lowest BCUT2D eigenvalue weighted by Gasteiger charge is -2.20. The first-order chi connectivity index (χ1) is 20.2. The summed E-state index contributed by atoms with van der Waals surface area (Å²) in [5.74, 6) is -1.26. The Morgan fingerprint density at radius 1 is 1.12 bits per heavy atom. The maximum atomic E-state index is 12.5. The van der Waals surface area contributed by atoms with Crippen LogP contribution in [0.3, 0.4) is 0 Å². The van der Waals surface area contributed by atoms with Crippen molar-refractivity contribution < 1.29 is 34.1 Å². The normalized spacial score (nSPS) is 22.0. The number of carbonyl (C=O) groups excluding carboxylic acids is 3. The fraction of sp³-hybridized carbons (Fsp3) is 0.500. The number of rotatable bonds is 12. The maximum Gasteiger partial charge on any atom is 0.280 e. The van der Waals surface area contributed by atoms with Gasteiger partial charge in [-0.3, -0.25) is 38.9 Å². The van der Waals surface area contributed by atoms with E-state index in [0.717, 1.165) is 12.8 Å². The summed E-state index contributed by atoms with van der Waals surface area (Å²) in [5, 5.41) is 23.5. The number of fused-ring (bicyclic) bond motifs is 2. The van der Waals surface area contributed by atoms with Crippen molar-refractivity contribution >= 4 is 34.8 Å². The average molecular weight is 583 g/mol. The molecule has 0 saturated carbocycles. The van der Waals surface area contributed by atoms with Crippen LogP contribution in [0.15, 0.2) is 35.4 Å². The summed E-state index contributed by atoms with van der Waals surface area (Å²) in [6.45, 7) is 3.62. The average Bonchev–Trinajstić information content (AvgIpc) is 3.61. The van der Waals surface area contributed by atoms with E-state index in [2.05, 4.69) is 20.3 Å². The van der Waals surface area contributed by atoms with Crippen LogP contribution in [0.4, 0.5) is 5.95 Å². The number of imide groups is 1. The second-order valence-electron chi connectivity index (χ2n) is 10.7. The molecular formula is C28H34N6O8. The van der Waals surface area contributed by atoms with Crippen molar-refractivity contribution in [1.82, 2.24) is 24.4 Å². The molecule has 3 aromatic rings. The lowest BCUT2D eigenvalue weighted by atomic mass is 10.1. The first-order valence-corrected chi connectivity index (χ1v) is 14.0. The number of aromatic nitrogens is 4. The molecule has 0 radical (unpaired) electrons. The minimum absolute atomic E-state index is 0.000488. The van der Waals surface area contributed by atoms with Crippen molar-refractivity contribution in [2.45, 2.75) is 64.1 Å². The van der Waals surface area contributed by atoms with Gasteiger partial charge in [-0.2, -0.15) is 4.98 Å². The molecule has 4 atom stereocenters. The first kappa shape index (κ1) is 29.5. The molecule has 0 bridgehead atoms. The summed E-state index contributed by atoms with van der Waals surface area (Å²) >= 11 is 0. The third-order valence-electron chi connectivity index (χ3n) is 7.43. The molecule has 5 rings (SSSR count). The van der Waals surface area contributed by atoms with Crippen LogP contribution in [0, 0.1) is 5.92 Å². The third-order valence-corrected chi connectivity index (χ3v) is 7.43. The van der Waals surface area contributed by atoms with Gasteiger partial charge in [0.05, 0.1) is 24.1 Å². The molecule has 224 valence electrons. The van der Waals surface area contributed by atoms with Gasteiger partial charge in [0.15, 0.2) is 17.4 Å². The largest absolute Gasteiger partial charge is 0.394 e. The van der Waals surface area contributed by atoms with Gasteiger partial charge in [0.2, 0.25) is 11.9 Å². The van der Waals surface area contributed by atoms with Gasteiger partial charge in [0, 0.05) is 19.1 Å². The number of ether oxygens (including phenoxy) is 2. The Hall–Kier alpha value is -3.98. The molecule has 4 N–H and O–H groups in total. The number of hydrogen-bond donors (Lipinski definition) is 4. The lowest BCUT2D eigenvalue weighted by molar-refractivity contribution is -0.118. The highest BCUT2D eigenvalue weighted by Gasteiger charge is 2.46. The number of aliphatic hydroxyl groups is 2. The molecule has 1 saturated heterocycles. The number of aromatic amines is 1. The molecule has 3 amide bonds. The van der Waals surface area contributed by atoms with Crippen molar-refractivity contribution in [3.05, 3.63) is 52.1 Å². The maximum absolute atomic E-state index is 12.5. The van der Waals surface area contributed by atoms with E-state index in [1.165, 1.54) is 15.8 Å². The zero-order chi connectivity index (χ0) is 30.0. The number of amides is 3. The highest BCUT2D eigenvalue weighted by atomic mass is 16.6. The minimum atomic E-state index is -1.21. The van der Waals surface area contributed by atoms with E-state index in [4.69, 9.17) is 9.47 Å². The standard InChI is InChI=1S/C28H34N6O8/c1-15(2)23(37)31-28-30-22-19(24(38)32-28)29-14-34(22)27-20(36)21(18(13-35)42-27)41-12-8-4-3-7-11-33-25(39)16-9-5-6-10-17(16)26(33)40/h5-6,9-10,14-15,18,20-21,27,35-36H,3-4,7-8,11-13H2,1-2H3,(H2,30,31,32,37,38). The van der Waals surface area contributed by atoms with E-state index in [9.17, 15) is 29.4 Å². The van der Waals surface area contributed by atoms with Crippen LogP contribution in [-0.2, 0) is 14.3 Å². The van der Waals surface area contributed by atoms with Gasteiger partial charge in [-0.25, -0.2) is 4.98 Å². The predicted octanol–water partition coefficient (Wildman–Crippen LogP) is 1.21. The number of anilines is 1.